The number of rotatable bonds is 7. The van der Waals surface area contributed by atoms with Crippen molar-refractivity contribution in [3.05, 3.63) is 53.6 Å². The number of carbonyl (C=O) groups is 2. The van der Waals surface area contributed by atoms with E-state index in [0.717, 1.165) is 9.87 Å². The molecule has 2 aromatic rings. The van der Waals surface area contributed by atoms with Crippen molar-refractivity contribution >= 4 is 33.3 Å². The Labute approximate surface area is 171 Å². The van der Waals surface area contributed by atoms with Crippen LogP contribution in [0.15, 0.2) is 47.4 Å². The minimum absolute atomic E-state index is 0.00450. The summed E-state index contributed by atoms with van der Waals surface area (Å²) in [6.45, 7) is 7.96. The van der Waals surface area contributed by atoms with E-state index >= 15 is 0 Å². The molecule has 0 bridgehead atoms. The van der Waals surface area contributed by atoms with Crippen LogP contribution in [0.3, 0.4) is 0 Å². The molecule has 0 fully saturated rings. The van der Waals surface area contributed by atoms with Gasteiger partial charge in [0, 0.05) is 12.6 Å². The standard InChI is InChI=1S/C21H26N2O5S/c1-14(2)28-21(25)13-23(20-12-15(3)6-7-16(20)4)29(26,27)19-10-8-18(9-11-19)22-17(5)24/h6-12,14H,13H2,1-5H3,(H,22,24). The molecule has 0 saturated heterocycles. The fourth-order valence-corrected chi connectivity index (χ4v) is 4.21. The summed E-state index contributed by atoms with van der Waals surface area (Å²) in [5.41, 5.74) is 2.47. The molecule has 7 nitrogen and oxygen atoms in total. The number of esters is 1. The second-order valence-corrected chi connectivity index (χ2v) is 8.91. The number of hydrogen-bond donors (Lipinski definition) is 1. The molecule has 29 heavy (non-hydrogen) atoms. The van der Waals surface area contributed by atoms with Gasteiger partial charge in [0.05, 0.1) is 16.7 Å². The lowest BCUT2D eigenvalue weighted by Crippen LogP contribution is -2.37. The summed E-state index contributed by atoms with van der Waals surface area (Å²) >= 11 is 0. The van der Waals surface area contributed by atoms with Gasteiger partial charge in [-0.05, 0) is 69.2 Å². The van der Waals surface area contributed by atoms with Crippen LogP contribution in [-0.4, -0.2) is 32.9 Å². The van der Waals surface area contributed by atoms with Crippen LogP contribution in [0.4, 0.5) is 11.4 Å². The first-order valence-electron chi connectivity index (χ1n) is 9.18. The maximum atomic E-state index is 13.4. The number of nitrogens with zero attached hydrogens (tertiary/aromatic N) is 1. The fourth-order valence-electron chi connectivity index (χ4n) is 2.75. The van der Waals surface area contributed by atoms with Crippen LogP contribution in [0.2, 0.25) is 0 Å². The van der Waals surface area contributed by atoms with Crippen molar-refractivity contribution < 1.29 is 22.7 Å². The van der Waals surface area contributed by atoms with Crippen LogP contribution >= 0.6 is 0 Å². The lowest BCUT2D eigenvalue weighted by atomic mass is 10.1. The number of benzene rings is 2. The zero-order valence-corrected chi connectivity index (χ0v) is 18.0. The number of amides is 1. The molecule has 0 heterocycles. The molecule has 0 saturated carbocycles. The van der Waals surface area contributed by atoms with Crippen LogP contribution < -0.4 is 9.62 Å². The monoisotopic (exact) mass is 418 g/mol. The highest BCUT2D eigenvalue weighted by molar-refractivity contribution is 7.92. The van der Waals surface area contributed by atoms with Gasteiger partial charge in [-0.1, -0.05) is 12.1 Å². The Hall–Kier alpha value is -2.87. The van der Waals surface area contributed by atoms with Crippen molar-refractivity contribution in [2.24, 2.45) is 0 Å². The van der Waals surface area contributed by atoms with Crippen molar-refractivity contribution in [1.82, 2.24) is 0 Å². The SMILES string of the molecule is CC(=O)Nc1ccc(S(=O)(=O)N(CC(=O)OC(C)C)c2cc(C)ccc2C)cc1. The van der Waals surface area contributed by atoms with E-state index in [4.69, 9.17) is 4.74 Å². The summed E-state index contributed by atoms with van der Waals surface area (Å²) < 4.78 is 33.0. The Morgan fingerprint density at radius 2 is 1.69 bits per heavy atom. The fraction of sp³-hybridized carbons (Fsp3) is 0.333. The molecule has 0 unspecified atom stereocenters. The lowest BCUT2D eigenvalue weighted by molar-refractivity contribution is -0.145. The van der Waals surface area contributed by atoms with Gasteiger partial charge in [0.1, 0.15) is 6.54 Å². The molecule has 0 radical (unpaired) electrons. The van der Waals surface area contributed by atoms with Crippen molar-refractivity contribution in [1.29, 1.82) is 0 Å². The van der Waals surface area contributed by atoms with Gasteiger partial charge in [-0.3, -0.25) is 13.9 Å². The smallest absolute Gasteiger partial charge is 0.327 e. The summed E-state index contributed by atoms with van der Waals surface area (Å²) in [4.78, 5) is 23.5. The minimum atomic E-state index is -4.05. The van der Waals surface area contributed by atoms with Gasteiger partial charge in [0.15, 0.2) is 0 Å². The van der Waals surface area contributed by atoms with E-state index in [0.29, 0.717) is 16.9 Å². The zero-order valence-electron chi connectivity index (χ0n) is 17.2. The first-order valence-corrected chi connectivity index (χ1v) is 10.6. The number of ether oxygens (including phenoxy) is 1. The maximum absolute atomic E-state index is 13.4. The van der Waals surface area contributed by atoms with Gasteiger partial charge in [-0.15, -0.1) is 0 Å². The largest absolute Gasteiger partial charge is 0.462 e. The van der Waals surface area contributed by atoms with Gasteiger partial charge in [0.2, 0.25) is 5.91 Å². The highest BCUT2D eigenvalue weighted by Crippen LogP contribution is 2.28. The molecule has 8 heteroatoms. The summed E-state index contributed by atoms with van der Waals surface area (Å²) in [6.07, 6.45) is -0.359. The number of carbonyl (C=O) groups excluding carboxylic acids is 2. The van der Waals surface area contributed by atoms with Gasteiger partial charge in [-0.25, -0.2) is 8.42 Å². The number of nitrogens with one attached hydrogen (secondary N) is 1. The van der Waals surface area contributed by atoms with Crippen molar-refractivity contribution in [2.75, 3.05) is 16.2 Å². The van der Waals surface area contributed by atoms with Crippen LogP contribution in [0.25, 0.3) is 0 Å². The molecule has 0 aliphatic carbocycles. The van der Waals surface area contributed by atoms with Gasteiger partial charge in [0.25, 0.3) is 10.0 Å². The highest BCUT2D eigenvalue weighted by Gasteiger charge is 2.29. The Bertz CT molecular complexity index is 998. The minimum Gasteiger partial charge on any atom is -0.462 e. The summed E-state index contributed by atoms with van der Waals surface area (Å²) in [7, 11) is -4.05. The van der Waals surface area contributed by atoms with Crippen LogP contribution in [0.1, 0.15) is 31.9 Å². The predicted molar refractivity (Wildman–Crippen MR) is 112 cm³/mol. The molecule has 0 aliphatic rings. The van der Waals surface area contributed by atoms with Crippen molar-refractivity contribution in [2.45, 2.75) is 45.6 Å². The van der Waals surface area contributed by atoms with Gasteiger partial charge in [-0.2, -0.15) is 0 Å². The third kappa shape index (κ3) is 5.80. The first kappa shape index (κ1) is 22.4. The number of sulfonamides is 1. The molecule has 1 amide bonds. The summed E-state index contributed by atoms with van der Waals surface area (Å²) in [5.74, 6) is -0.895. The second kappa shape index (κ2) is 9.09. The van der Waals surface area contributed by atoms with E-state index in [9.17, 15) is 18.0 Å². The van der Waals surface area contributed by atoms with Gasteiger partial charge < -0.3 is 10.1 Å². The van der Waals surface area contributed by atoms with Crippen LogP contribution in [-0.2, 0) is 24.3 Å². The highest BCUT2D eigenvalue weighted by atomic mass is 32.2. The van der Waals surface area contributed by atoms with E-state index in [1.165, 1.54) is 31.2 Å². The van der Waals surface area contributed by atoms with Crippen LogP contribution in [0, 0.1) is 13.8 Å². The third-order valence-electron chi connectivity index (χ3n) is 4.04. The molecule has 0 aromatic heterocycles. The second-order valence-electron chi connectivity index (χ2n) is 7.05. The molecule has 2 rings (SSSR count). The predicted octanol–water partition coefficient (Wildman–Crippen LogP) is 3.41. The van der Waals surface area contributed by atoms with Crippen LogP contribution in [0.5, 0.6) is 0 Å². The van der Waals surface area contributed by atoms with Gasteiger partial charge >= 0.3 is 5.97 Å². The third-order valence-corrected chi connectivity index (χ3v) is 5.81. The Morgan fingerprint density at radius 1 is 1.07 bits per heavy atom. The number of anilines is 2. The Kier molecular flexibility index (Phi) is 7.02. The summed E-state index contributed by atoms with van der Waals surface area (Å²) in [6, 6.07) is 11.2. The number of hydrogen-bond acceptors (Lipinski definition) is 5. The molecule has 1 N–H and O–H groups in total. The average Bonchev–Trinajstić information content (AvgIpc) is 2.61. The Morgan fingerprint density at radius 3 is 2.24 bits per heavy atom. The van der Waals surface area contributed by atoms with Crippen molar-refractivity contribution in [3.63, 3.8) is 0 Å². The van der Waals surface area contributed by atoms with Crippen molar-refractivity contribution in [3.8, 4) is 0 Å². The van der Waals surface area contributed by atoms with E-state index in [1.807, 2.05) is 13.0 Å². The molecular weight excluding hydrogens is 392 g/mol. The maximum Gasteiger partial charge on any atom is 0.327 e. The quantitative estimate of drug-likeness (QED) is 0.696. The van der Waals surface area contributed by atoms with E-state index in [-0.39, 0.29) is 16.9 Å². The molecule has 0 aliphatic heterocycles. The number of aryl methyl sites for hydroxylation is 2. The first-order chi connectivity index (χ1) is 13.5. The zero-order chi connectivity index (χ0) is 21.8. The topological polar surface area (TPSA) is 92.8 Å². The molecule has 0 spiro atoms. The van der Waals surface area contributed by atoms with E-state index in [1.54, 1.807) is 32.9 Å². The average molecular weight is 419 g/mol. The Balaban J connectivity index is 2.49. The van der Waals surface area contributed by atoms with E-state index in [2.05, 4.69) is 5.32 Å². The molecule has 0 atom stereocenters. The molecule has 156 valence electrons. The molecule has 2 aromatic carbocycles. The normalized spacial score (nSPS) is 11.2. The summed E-state index contributed by atoms with van der Waals surface area (Å²) in [5, 5.41) is 2.59. The lowest BCUT2D eigenvalue weighted by Gasteiger charge is -2.26. The van der Waals surface area contributed by atoms with E-state index < -0.39 is 22.5 Å². The molecular formula is C21H26N2O5S.